The summed E-state index contributed by atoms with van der Waals surface area (Å²) in [7, 11) is 0. The lowest BCUT2D eigenvalue weighted by Crippen LogP contribution is -2.44. The molecular formula is C41H58N2O15. The topological polar surface area (TPSA) is 209 Å². The zero-order valence-corrected chi connectivity index (χ0v) is 33.6. The van der Waals surface area contributed by atoms with Crippen LogP contribution in [0.15, 0.2) is 36.4 Å². The smallest absolute Gasteiger partial charge is 0.336 e. The summed E-state index contributed by atoms with van der Waals surface area (Å²) in [4.78, 5) is 53.4. The Kier molecular flexibility index (Phi) is 19.8. The number of fused-ring (bicyclic) bond motifs is 3. The van der Waals surface area contributed by atoms with E-state index in [2.05, 4.69) is 23.6 Å². The lowest BCUT2D eigenvalue weighted by molar-refractivity contribution is -0.180. The number of rotatable bonds is 18. The summed E-state index contributed by atoms with van der Waals surface area (Å²) in [5, 5.41) is 29.0. The Hall–Kier alpha value is -4.20. The Bertz CT molecular complexity index is 1620. The standard InChI is InChI=1S/C41H58N2O15/c1-4-42(5-2)14-16-53-28-9-11-30-31-12-10-29(27-33(31)35(44)32(30)26-28)54-17-15-43(6-3)13-7-8-34-36(39(45)46)56-23-19-52-21-25-58-38(41(49)50)37(40(47)48)57-24-20-51-18-22-55-34/h9-12,26-27,34,36-38H,4-8,13-25H2,1-3H3,(H,45,46)(H,47,48)(H,49,50). The van der Waals surface area contributed by atoms with Gasteiger partial charge in [-0.2, -0.15) is 0 Å². The van der Waals surface area contributed by atoms with Crippen LogP contribution in [0.2, 0.25) is 0 Å². The number of carbonyl (C=O) groups is 4. The zero-order chi connectivity index (χ0) is 41.9. The van der Waals surface area contributed by atoms with Crippen molar-refractivity contribution < 1.29 is 72.4 Å². The van der Waals surface area contributed by atoms with Crippen LogP contribution >= 0.6 is 0 Å². The summed E-state index contributed by atoms with van der Waals surface area (Å²) >= 11 is 0. The number of benzene rings is 2. The minimum Gasteiger partial charge on any atom is -0.492 e. The quantitative estimate of drug-likeness (QED) is 0.169. The third kappa shape index (κ3) is 14.0. The third-order valence-electron chi connectivity index (χ3n) is 9.90. The van der Waals surface area contributed by atoms with Crippen LogP contribution in [0.4, 0.5) is 0 Å². The molecule has 0 amide bonds. The van der Waals surface area contributed by atoms with Gasteiger partial charge in [0, 0.05) is 24.2 Å². The molecule has 1 aliphatic heterocycles. The zero-order valence-electron chi connectivity index (χ0n) is 33.6. The summed E-state index contributed by atoms with van der Waals surface area (Å²) in [5.74, 6) is -3.00. The van der Waals surface area contributed by atoms with Crippen molar-refractivity contribution in [1.82, 2.24) is 9.80 Å². The van der Waals surface area contributed by atoms with Crippen LogP contribution in [0.1, 0.15) is 49.5 Å². The van der Waals surface area contributed by atoms with E-state index in [1.165, 1.54) is 0 Å². The molecule has 2 aromatic carbocycles. The van der Waals surface area contributed by atoms with Crippen LogP contribution in [-0.2, 0) is 42.8 Å². The van der Waals surface area contributed by atoms with Gasteiger partial charge in [0.25, 0.3) is 0 Å². The highest BCUT2D eigenvalue weighted by molar-refractivity contribution is 6.22. The average molecular weight is 819 g/mol. The van der Waals surface area contributed by atoms with Crippen molar-refractivity contribution in [2.75, 3.05) is 105 Å². The largest absolute Gasteiger partial charge is 0.492 e. The molecule has 0 bridgehead atoms. The van der Waals surface area contributed by atoms with Gasteiger partial charge in [-0.3, -0.25) is 4.79 Å². The normalized spacial score (nSPS) is 21.2. The van der Waals surface area contributed by atoms with E-state index < -0.39 is 42.3 Å². The van der Waals surface area contributed by atoms with Crippen LogP contribution in [0.25, 0.3) is 11.1 Å². The molecule has 2 aliphatic rings. The maximum Gasteiger partial charge on any atom is 0.336 e. The van der Waals surface area contributed by atoms with Crippen LogP contribution < -0.4 is 9.47 Å². The predicted molar refractivity (Wildman–Crippen MR) is 209 cm³/mol. The molecule has 0 saturated carbocycles. The van der Waals surface area contributed by atoms with Gasteiger partial charge in [0.1, 0.15) is 24.7 Å². The van der Waals surface area contributed by atoms with Gasteiger partial charge in [-0.15, -0.1) is 0 Å². The first-order valence-electron chi connectivity index (χ1n) is 19.9. The first-order valence-corrected chi connectivity index (χ1v) is 19.9. The number of nitrogens with zero attached hydrogens (tertiary/aromatic N) is 2. The first kappa shape index (κ1) is 46.5. The fraction of sp³-hybridized carbons (Fsp3) is 0.610. The Morgan fingerprint density at radius 2 is 1.02 bits per heavy atom. The van der Waals surface area contributed by atoms with Gasteiger partial charge in [0.2, 0.25) is 0 Å². The summed E-state index contributed by atoms with van der Waals surface area (Å²) in [6.07, 6.45) is -4.70. The van der Waals surface area contributed by atoms with E-state index in [0.29, 0.717) is 61.8 Å². The monoisotopic (exact) mass is 818 g/mol. The predicted octanol–water partition coefficient (Wildman–Crippen LogP) is 2.94. The number of hydrogen-bond acceptors (Lipinski definition) is 14. The van der Waals surface area contributed by atoms with Crippen molar-refractivity contribution in [3.63, 3.8) is 0 Å². The number of likely N-dealkylation sites (N-methyl/N-ethyl adjacent to an activating group) is 2. The van der Waals surface area contributed by atoms with Gasteiger partial charge in [-0.05, 0) is 86.5 Å². The Morgan fingerprint density at radius 3 is 1.47 bits per heavy atom. The van der Waals surface area contributed by atoms with Gasteiger partial charge in [-0.1, -0.05) is 20.8 Å². The highest BCUT2D eigenvalue weighted by atomic mass is 16.6. The molecular weight excluding hydrogens is 760 g/mol. The van der Waals surface area contributed by atoms with Gasteiger partial charge in [0.05, 0.1) is 59.0 Å². The van der Waals surface area contributed by atoms with Crippen molar-refractivity contribution >= 4 is 23.7 Å². The molecule has 4 atom stereocenters. The van der Waals surface area contributed by atoms with Gasteiger partial charge in [-0.25, -0.2) is 14.4 Å². The van der Waals surface area contributed by atoms with Gasteiger partial charge in [0.15, 0.2) is 24.1 Å². The molecule has 3 N–H and O–H groups in total. The Labute approximate surface area is 339 Å². The van der Waals surface area contributed by atoms with Gasteiger partial charge >= 0.3 is 17.9 Å². The minimum atomic E-state index is -1.77. The second-order valence-electron chi connectivity index (χ2n) is 13.6. The van der Waals surface area contributed by atoms with Crippen molar-refractivity contribution in [2.45, 2.75) is 58.0 Å². The van der Waals surface area contributed by atoms with E-state index in [0.717, 1.165) is 37.3 Å². The molecule has 17 heteroatoms. The lowest BCUT2D eigenvalue weighted by Gasteiger charge is -2.26. The molecule has 1 heterocycles. The lowest BCUT2D eigenvalue weighted by atomic mass is 10.1. The SMILES string of the molecule is CCN(CC)CCOc1ccc2c(c1)C(=O)c1cc(OCCN(CC)CCCC3OCCOCCOC(C(=O)O)C(C(=O)O)OCCOCCOC3C(=O)O)ccc1-2. The Balaban J connectivity index is 1.26. The second kappa shape index (κ2) is 24.7. The van der Waals surface area contributed by atoms with E-state index in [1.54, 1.807) is 6.07 Å². The summed E-state index contributed by atoms with van der Waals surface area (Å²) in [6, 6.07) is 11.2. The number of carboxylic acid groups (broad SMARTS) is 3. The minimum absolute atomic E-state index is 0.0170. The number of hydrogen-bond donors (Lipinski definition) is 3. The van der Waals surface area contributed by atoms with Crippen LogP contribution in [0.3, 0.4) is 0 Å². The van der Waals surface area contributed by atoms with Crippen LogP contribution in [-0.4, -0.2) is 179 Å². The number of aliphatic carboxylic acids is 3. The molecule has 0 aromatic heterocycles. The molecule has 58 heavy (non-hydrogen) atoms. The number of ether oxygens (including phenoxy) is 8. The summed E-state index contributed by atoms with van der Waals surface area (Å²) < 4.78 is 45.0. The molecule has 322 valence electrons. The number of carbonyl (C=O) groups excluding carboxylic acids is 1. The maximum absolute atomic E-state index is 13.4. The molecule has 2 aromatic rings. The molecule has 1 fully saturated rings. The van der Waals surface area contributed by atoms with Crippen molar-refractivity contribution in [3.8, 4) is 22.6 Å². The Morgan fingerprint density at radius 1 is 0.586 bits per heavy atom. The number of ketones is 1. The fourth-order valence-electron chi connectivity index (χ4n) is 6.69. The molecule has 4 rings (SSSR count). The molecule has 4 unspecified atom stereocenters. The highest BCUT2D eigenvalue weighted by Crippen LogP contribution is 2.40. The summed E-state index contributed by atoms with van der Waals surface area (Å²) in [5.41, 5.74) is 2.95. The van der Waals surface area contributed by atoms with E-state index in [4.69, 9.17) is 37.9 Å². The average Bonchev–Trinajstić information content (AvgIpc) is 3.48. The fourth-order valence-corrected chi connectivity index (χ4v) is 6.69. The van der Waals surface area contributed by atoms with Gasteiger partial charge < -0.3 is 63.0 Å². The van der Waals surface area contributed by atoms with Crippen LogP contribution in [0, 0.1) is 0 Å². The molecule has 0 spiro atoms. The molecule has 0 radical (unpaired) electrons. The second-order valence-corrected chi connectivity index (χ2v) is 13.6. The maximum atomic E-state index is 13.4. The third-order valence-corrected chi connectivity index (χ3v) is 9.90. The summed E-state index contributed by atoms with van der Waals surface area (Å²) in [6.45, 7) is 11.1. The van der Waals surface area contributed by atoms with Crippen molar-refractivity contribution in [1.29, 1.82) is 0 Å². The molecule has 17 nitrogen and oxygen atoms in total. The highest BCUT2D eigenvalue weighted by Gasteiger charge is 2.36. The van der Waals surface area contributed by atoms with E-state index >= 15 is 0 Å². The van der Waals surface area contributed by atoms with Crippen LogP contribution in [0.5, 0.6) is 11.5 Å². The van der Waals surface area contributed by atoms with Crippen molar-refractivity contribution in [3.05, 3.63) is 47.5 Å². The van der Waals surface area contributed by atoms with E-state index in [-0.39, 0.29) is 58.6 Å². The number of carboxylic acids is 3. The van der Waals surface area contributed by atoms with E-state index in [1.807, 2.05) is 37.3 Å². The molecule has 1 aliphatic carbocycles. The first-order chi connectivity index (χ1) is 28.1. The van der Waals surface area contributed by atoms with Crippen molar-refractivity contribution in [2.24, 2.45) is 0 Å². The van der Waals surface area contributed by atoms with E-state index in [9.17, 15) is 34.5 Å². The molecule has 1 saturated heterocycles.